The zero-order valence-electron chi connectivity index (χ0n) is 17.8. The number of ether oxygens (including phenoxy) is 3. The summed E-state index contributed by atoms with van der Waals surface area (Å²) in [4.78, 5) is 6.83. The zero-order valence-corrected chi connectivity index (χ0v) is 18.5. The molecule has 0 aromatic heterocycles. The van der Waals surface area contributed by atoms with Gasteiger partial charge in [0, 0.05) is 49.9 Å². The minimum Gasteiger partial charge on any atom is -0.490 e. The van der Waals surface area contributed by atoms with E-state index in [4.69, 9.17) is 25.8 Å². The molecule has 1 unspecified atom stereocenters. The van der Waals surface area contributed by atoms with E-state index in [-0.39, 0.29) is 6.04 Å². The van der Waals surface area contributed by atoms with Crippen molar-refractivity contribution in [3.05, 3.63) is 53.1 Å². The highest BCUT2D eigenvalue weighted by molar-refractivity contribution is 6.30. The Kier molecular flexibility index (Phi) is 7.51. The lowest BCUT2D eigenvalue weighted by Crippen LogP contribution is -2.44. The quantitative estimate of drug-likeness (QED) is 0.543. The molecule has 8 heteroatoms. The van der Waals surface area contributed by atoms with Gasteiger partial charge in [-0.3, -0.25) is 9.89 Å². The molecule has 2 aliphatic heterocycles. The third kappa shape index (κ3) is 5.81. The fourth-order valence-corrected chi connectivity index (χ4v) is 3.91. The number of guanidine groups is 1. The van der Waals surface area contributed by atoms with E-state index < -0.39 is 0 Å². The fourth-order valence-electron chi connectivity index (χ4n) is 3.78. The van der Waals surface area contributed by atoms with Crippen LogP contribution in [0.4, 0.5) is 5.69 Å². The standard InChI is InChI=1S/C23H29ClN4O3/c1-25-23(27-19-7-8-21-22(15-19)31-12-2-11-30-21)26-16-20(28-9-13-29-14-10-28)17-3-5-18(24)6-4-17/h3-8,15,20H,2,9-14,16H2,1H3,(H2,25,26,27). The van der Waals surface area contributed by atoms with E-state index in [9.17, 15) is 0 Å². The summed E-state index contributed by atoms with van der Waals surface area (Å²) in [5.74, 6) is 2.23. The first kappa shape index (κ1) is 21.7. The number of rotatable bonds is 5. The lowest BCUT2D eigenvalue weighted by molar-refractivity contribution is 0.0170. The smallest absolute Gasteiger partial charge is 0.195 e. The van der Waals surface area contributed by atoms with Crippen molar-refractivity contribution in [2.75, 3.05) is 58.4 Å². The first-order chi connectivity index (χ1) is 15.2. The number of aliphatic imine (C=N–C) groups is 1. The van der Waals surface area contributed by atoms with Gasteiger partial charge in [-0.05, 0) is 29.8 Å². The van der Waals surface area contributed by atoms with Crippen molar-refractivity contribution in [2.45, 2.75) is 12.5 Å². The molecule has 2 heterocycles. The normalized spacial score (nSPS) is 18.2. The zero-order chi connectivity index (χ0) is 21.5. The van der Waals surface area contributed by atoms with Crippen LogP contribution < -0.4 is 20.1 Å². The topological polar surface area (TPSA) is 67.4 Å². The number of anilines is 1. The molecule has 7 nitrogen and oxygen atoms in total. The Bertz CT molecular complexity index is 885. The summed E-state index contributed by atoms with van der Waals surface area (Å²) in [7, 11) is 1.77. The summed E-state index contributed by atoms with van der Waals surface area (Å²) in [6.45, 7) is 5.31. The van der Waals surface area contributed by atoms with E-state index in [1.165, 1.54) is 5.56 Å². The van der Waals surface area contributed by atoms with Gasteiger partial charge in [0.1, 0.15) is 0 Å². The van der Waals surface area contributed by atoms with Crippen LogP contribution in [0, 0.1) is 0 Å². The molecule has 0 spiro atoms. The van der Waals surface area contributed by atoms with Crippen LogP contribution >= 0.6 is 11.6 Å². The number of fused-ring (bicyclic) bond motifs is 1. The van der Waals surface area contributed by atoms with E-state index in [1.807, 2.05) is 30.3 Å². The van der Waals surface area contributed by atoms with Crippen LogP contribution in [-0.4, -0.2) is 64.0 Å². The number of nitrogens with zero attached hydrogens (tertiary/aromatic N) is 2. The maximum absolute atomic E-state index is 6.11. The van der Waals surface area contributed by atoms with Crippen LogP contribution in [0.2, 0.25) is 5.02 Å². The Morgan fingerprint density at radius 3 is 2.52 bits per heavy atom. The van der Waals surface area contributed by atoms with Gasteiger partial charge < -0.3 is 24.8 Å². The minimum atomic E-state index is 0.184. The predicted octanol–water partition coefficient (Wildman–Crippen LogP) is 3.56. The molecule has 1 saturated heterocycles. The number of morpholine rings is 1. The van der Waals surface area contributed by atoms with Gasteiger partial charge in [-0.25, -0.2) is 0 Å². The highest BCUT2D eigenvalue weighted by Crippen LogP contribution is 2.32. The number of benzene rings is 2. The van der Waals surface area contributed by atoms with Crippen LogP contribution in [-0.2, 0) is 4.74 Å². The SMILES string of the molecule is CN=C(NCC(c1ccc(Cl)cc1)N1CCOCC1)Nc1ccc2c(c1)OCCCO2. The van der Waals surface area contributed by atoms with Gasteiger partial charge in [0.05, 0.1) is 32.5 Å². The van der Waals surface area contributed by atoms with Crippen LogP contribution in [0.25, 0.3) is 0 Å². The van der Waals surface area contributed by atoms with E-state index in [2.05, 4.69) is 32.7 Å². The second kappa shape index (κ2) is 10.7. The lowest BCUT2D eigenvalue weighted by atomic mass is 10.0. The molecule has 166 valence electrons. The first-order valence-corrected chi connectivity index (χ1v) is 11.1. The molecule has 0 amide bonds. The maximum atomic E-state index is 6.11. The molecule has 2 aliphatic rings. The monoisotopic (exact) mass is 444 g/mol. The number of nitrogens with one attached hydrogen (secondary N) is 2. The molecule has 1 atom stereocenters. The van der Waals surface area contributed by atoms with Crippen LogP contribution in [0.15, 0.2) is 47.5 Å². The summed E-state index contributed by atoms with van der Waals surface area (Å²) >= 11 is 6.11. The molecule has 1 fully saturated rings. The fraction of sp³-hybridized carbons (Fsp3) is 0.435. The molecular weight excluding hydrogens is 416 g/mol. The van der Waals surface area contributed by atoms with Gasteiger partial charge in [0.2, 0.25) is 0 Å². The molecule has 0 radical (unpaired) electrons. The van der Waals surface area contributed by atoms with Gasteiger partial charge in [0.15, 0.2) is 17.5 Å². The Labute approximate surface area is 188 Å². The summed E-state index contributed by atoms with van der Waals surface area (Å²) in [6.07, 6.45) is 0.883. The van der Waals surface area contributed by atoms with E-state index in [0.717, 1.165) is 54.9 Å². The van der Waals surface area contributed by atoms with Crippen molar-refractivity contribution >= 4 is 23.2 Å². The van der Waals surface area contributed by atoms with E-state index in [1.54, 1.807) is 7.05 Å². The van der Waals surface area contributed by atoms with Gasteiger partial charge in [-0.1, -0.05) is 23.7 Å². The third-order valence-corrected chi connectivity index (χ3v) is 5.69. The summed E-state index contributed by atoms with van der Waals surface area (Å²) in [5.41, 5.74) is 2.11. The number of halogens is 1. The Morgan fingerprint density at radius 1 is 1.03 bits per heavy atom. The van der Waals surface area contributed by atoms with Gasteiger partial charge >= 0.3 is 0 Å². The highest BCUT2D eigenvalue weighted by atomic mass is 35.5. The Balaban J connectivity index is 1.44. The molecule has 4 rings (SSSR count). The predicted molar refractivity (Wildman–Crippen MR) is 124 cm³/mol. The van der Waals surface area contributed by atoms with E-state index >= 15 is 0 Å². The Hall–Kier alpha value is -2.48. The molecule has 31 heavy (non-hydrogen) atoms. The number of hydrogen-bond acceptors (Lipinski definition) is 5. The molecule has 2 N–H and O–H groups in total. The van der Waals surface area contributed by atoms with Crippen LogP contribution in [0.3, 0.4) is 0 Å². The summed E-state index contributed by atoms with van der Waals surface area (Å²) < 4.78 is 17.1. The molecule has 0 aliphatic carbocycles. The maximum Gasteiger partial charge on any atom is 0.195 e. The second-order valence-electron chi connectivity index (χ2n) is 7.51. The van der Waals surface area contributed by atoms with E-state index in [0.29, 0.717) is 25.7 Å². The van der Waals surface area contributed by atoms with Crippen molar-refractivity contribution in [3.63, 3.8) is 0 Å². The summed E-state index contributed by atoms with van der Waals surface area (Å²) in [5, 5.41) is 7.57. The first-order valence-electron chi connectivity index (χ1n) is 10.7. The Morgan fingerprint density at radius 2 is 1.77 bits per heavy atom. The lowest BCUT2D eigenvalue weighted by Gasteiger charge is -2.35. The second-order valence-corrected chi connectivity index (χ2v) is 7.94. The molecule has 0 bridgehead atoms. The average Bonchev–Trinajstić information content (AvgIpc) is 3.05. The third-order valence-electron chi connectivity index (χ3n) is 5.44. The summed E-state index contributed by atoms with van der Waals surface area (Å²) in [6, 6.07) is 14.1. The average molecular weight is 445 g/mol. The molecule has 2 aromatic rings. The highest BCUT2D eigenvalue weighted by Gasteiger charge is 2.23. The van der Waals surface area contributed by atoms with Gasteiger partial charge in [-0.2, -0.15) is 0 Å². The van der Waals surface area contributed by atoms with Crippen molar-refractivity contribution in [2.24, 2.45) is 4.99 Å². The minimum absolute atomic E-state index is 0.184. The van der Waals surface area contributed by atoms with Crippen molar-refractivity contribution in [3.8, 4) is 11.5 Å². The van der Waals surface area contributed by atoms with Gasteiger partial charge in [0.25, 0.3) is 0 Å². The molecular formula is C23H29ClN4O3. The van der Waals surface area contributed by atoms with Crippen LogP contribution in [0.1, 0.15) is 18.0 Å². The molecule has 0 saturated carbocycles. The van der Waals surface area contributed by atoms with Crippen molar-refractivity contribution < 1.29 is 14.2 Å². The largest absolute Gasteiger partial charge is 0.490 e. The van der Waals surface area contributed by atoms with Crippen molar-refractivity contribution in [1.29, 1.82) is 0 Å². The van der Waals surface area contributed by atoms with Crippen LogP contribution in [0.5, 0.6) is 11.5 Å². The van der Waals surface area contributed by atoms with Gasteiger partial charge in [-0.15, -0.1) is 0 Å². The molecule has 2 aromatic carbocycles. The number of hydrogen-bond donors (Lipinski definition) is 2. The van der Waals surface area contributed by atoms with Crippen molar-refractivity contribution in [1.82, 2.24) is 10.2 Å².